The van der Waals surface area contributed by atoms with Crippen LogP contribution in [-0.2, 0) is 4.79 Å². The van der Waals surface area contributed by atoms with Gasteiger partial charge in [0.15, 0.2) is 0 Å². The number of carbonyl (C=O) groups is 2. The van der Waals surface area contributed by atoms with Gasteiger partial charge in [0.2, 0.25) is 5.91 Å². The van der Waals surface area contributed by atoms with Crippen molar-refractivity contribution in [3.05, 3.63) is 48.0 Å². The number of benzene rings is 1. The fourth-order valence-electron chi connectivity index (χ4n) is 2.97. The molecule has 138 valence electrons. The van der Waals surface area contributed by atoms with Gasteiger partial charge in [0, 0.05) is 36.4 Å². The number of hydrogen-bond donors (Lipinski definition) is 1. The Balaban J connectivity index is 1.42. The molecule has 3 rings (SSSR count). The van der Waals surface area contributed by atoms with Crippen LogP contribution in [-0.4, -0.2) is 50.5 Å². The third-order valence-electron chi connectivity index (χ3n) is 4.44. The van der Waals surface area contributed by atoms with E-state index in [4.69, 9.17) is 5.11 Å². The minimum atomic E-state index is -0.984. The summed E-state index contributed by atoms with van der Waals surface area (Å²) in [6, 6.07) is 6.39. The van der Waals surface area contributed by atoms with Crippen LogP contribution in [0.3, 0.4) is 0 Å². The molecule has 6 nitrogen and oxygen atoms in total. The van der Waals surface area contributed by atoms with Crippen LogP contribution in [0.2, 0.25) is 0 Å². The zero-order valence-electron chi connectivity index (χ0n) is 14.2. The van der Waals surface area contributed by atoms with Crippen LogP contribution >= 0.6 is 11.8 Å². The molecule has 1 amide bonds. The lowest BCUT2D eigenvalue weighted by Crippen LogP contribution is -2.39. The molecule has 1 saturated heterocycles. The average molecular weight is 377 g/mol. The van der Waals surface area contributed by atoms with E-state index in [-0.39, 0.29) is 23.3 Å². The van der Waals surface area contributed by atoms with Crippen LogP contribution in [0.15, 0.2) is 41.6 Å². The van der Waals surface area contributed by atoms with E-state index in [1.54, 1.807) is 34.8 Å². The smallest absolute Gasteiger partial charge is 0.338 e. The monoisotopic (exact) mass is 377 g/mol. The van der Waals surface area contributed by atoms with E-state index in [0.29, 0.717) is 25.3 Å². The third kappa shape index (κ3) is 4.63. The van der Waals surface area contributed by atoms with Crippen molar-refractivity contribution in [2.24, 2.45) is 0 Å². The highest BCUT2D eigenvalue weighted by atomic mass is 32.2. The van der Waals surface area contributed by atoms with Gasteiger partial charge in [0.1, 0.15) is 5.82 Å². The van der Waals surface area contributed by atoms with E-state index in [2.05, 4.69) is 5.10 Å². The number of carboxylic acid groups (broad SMARTS) is 1. The zero-order valence-corrected chi connectivity index (χ0v) is 15.0. The lowest BCUT2D eigenvalue weighted by molar-refractivity contribution is -0.132. The molecule has 0 unspecified atom stereocenters. The molecule has 0 bridgehead atoms. The first kappa shape index (κ1) is 18.4. The predicted molar refractivity (Wildman–Crippen MR) is 95.8 cm³/mol. The van der Waals surface area contributed by atoms with E-state index in [1.807, 2.05) is 4.90 Å². The number of thioether (sulfide) groups is 1. The van der Waals surface area contributed by atoms with Crippen molar-refractivity contribution in [1.82, 2.24) is 14.7 Å². The van der Waals surface area contributed by atoms with Gasteiger partial charge in [0.25, 0.3) is 0 Å². The molecule has 0 aliphatic carbocycles. The lowest BCUT2D eigenvalue weighted by atomic mass is 10.1. The van der Waals surface area contributed by atoms with Crippen molar-refractivity contribution < 1.29 is 19.1 Å². The molecular weight excluding hydrogens is 357 g/mol. The second-order valence-corrected chi connectivity index (χ2v) is 7.35. The molecule has 0 saturated carbocycles. The number of aromatic carboxylic acids is 1. The van der Waals surface area contributed by atoms with E-state index in [9.17, 15) is 14.0 Å². The highest BCUT2D eigenvalue weighted by Crippen LogP contribution is 2.24. The molecule has 1 aliphatic heterocycles. The van der Waals surface area contributed by atoms with Gasteiger partial charge in [-0.2, -0.15) is 5.10 Å². The summed E-state index contributed by atoms with van der Waals surface area (Å²) in [5.74, 6) is -0.473. The summed E-state index contributed by atoms with van der Waals surface area (Å²) in [7, 11) is 0. The second-order valence-electron chi connectivity index (χ2n) is 6.18. The maximum Gasteiger partial charge on any atom is 0.338 e. The fraction of sp³-hybridized carbons (Fsp3) is 0.389. The topological polar surface area (TPSA) is 75.4 Å². The SMILES string of the molecule is O=C(O)c1cnn(C2CCN(C(=O)CCSc3ccc(F)cc3)CC2)c1. The fourth-order valence-corrected chi connectivity index (χ4v) is 3.81. The molecular formula is C18H20FN3O3S. The summed E-state index contributed by atoms with van der Waals surface area (Å²) in [4.78, 5) is 26.1. The summed E-state index contributed by atoms with van der Waals surface area (Å²) < 4.78 is 14.6. The number of amides is 1. The number of aromatic nitrogens is 2. The minimum Gasteiger partial charge on any atom is -0.478 e. The highest BCUT2D eigenvalue weighted by Gasteiger charge is 2.24. The molecule has 0 spiro atoms. The average Bonchev–Trinajstić information content (AvgIpc) is 3.14. The Bertz CT molecular complexity index is 770. The largest absolute Gasteiger partial charge is 0.478 e. The number of rotatable bonds is 6. The van der Waals surface area contributed by atoms with Crippen molar-refractivity contribution in [2.45, 2.75) is 30.2 Å². The first-order valence-corrected chi connectivity index (χ1v) is 9.45. The number of carbonyl (C=O) groups excluding carboxylic acids is 1. The van der Waals surface area contributed by atoms with Crippen LogP contribution in [0.25, 0.3) is 0 Å². The molecule has 1 N–H and O–H groups in total. The van der Waals surface area contributed by atoms with E-state index in [1.165, 1.54) is 18.3 Å². The Hall–Kier alpha value is -2.35. The number of hydrogen-bond acceptors (Lipinski definition) is 4. The first-order valence-electron chi connectivity index (χ1n) is 8.46. The van der Waals surface area contributed by atoms with Crippen LogP contribution in [0.5, 0.6) is 0 Å². The number of likely N-dealkylation sites (tertiary alicyclic amines) is 1. The Labute approximate surface area is 155 Å². The summed E-state index contributed by atoms with van der Waals surface area (Å²) in [5, 5.41) is 13.1. The Kier molecular flexibility index (Phi) is 5.92. The molecule has 1 aromatic heterocycles. The molecule has 2 heterocycles. The number of nitrogens with zero attached hydrogens (tertiary/aromatic N) is 3. The maximum absolute atomic E-state index is 12.9. The summed E-state index contributed by atoms with van der Waals surface area (Å²) in [5.41, 5.74) is 0.182. The standard InChI is InChI=1S/C18H20FN3O3S/c19-14-1-3-16(4-2-14)26-10-7-17(23)21-8-5-15(6-9-21)22-12-13(11-20-22)18(24)25/h1-4,11-12,15H,5-10H2,(H,24,25). The van der Waals surface area contributed by atoms with Gasteiger partial charge in [-0.15, -0.1) is 11.8 Å². The van der Waals surface area contributed by atoms with Gasteiger partial charge in [-0.25, -0.2) is 9.18 Å². The minimum absolute atomic E-state index is 0.116. The maximum atomic E-state index is 12.9. The second kappa shape index (κ2) is 8.35. The van der Waals surface area contributed by atoms with Crippen molar-refractivity contribution in [3.8, 4) is 0 Å². The molecule has 0 atom stereocenters. The van der Waals surface area contributed by atoms with Gasteiger partial charge in [-0.3, -0.25) is 9.48 Å². The normalized spacial score (nSPS) is 15.2. The quantitative estimate of drug-likeness (QED) is 0.783. The Morgan fingerprint density at radius 1 is 1.23 bits per heavy atom. The van der Waals surface area contributed by atoms with Crippen LogP contribution in [0, 0.1) is 5.82 Å². The van der Waals surface area contributed by atoms with E-state index < -0.39 is 5.97 Å². The molecule has 0 radical (unpaired) electrons. The number of carboxylic acids is 1. The summed E-state index contributed by atoms with van der Waals surface area (Å²) in [6.45, 7) is 1.29. The molecule has 1 aliphatic rings. The van der Waals surface area contributed by atoms with Crippen molar-refractivity contribution in [2.75, 3.05) is 18.8 Å². The molecule has 26 heavy (non-hydrogen) atoms. The van der Waals surface area contributed by atoms with Gasteiger partial charge in [-0.1, -0.05) is 0 Å². The van der Waals surface area contributed by atoms with Crippen molar-refractivity contribution in [3.63, 3.8) is 0 Å². The number of piperidine rings is 1. The van der Waals surface area contributed by atoms with Gasteiger partial charge in [-0.05, 0) is 37.1 Å². The Morgan fingerprint density at radius 2 is 1.92 bits per heavy atom. The molecule has 1 aromatic carbocycles. The predicted octanol–water partition coefficient (Wildman–Crippen LogP) is 3.07. The van der Waals surface area contributed by atoms with E-state index >= 15 is 0 Å². The summed E-state index contributed by atoms with van der Waals surface area (Å²) >= 11 is 1.54. The highest BCUT2D eigenvalue weighted by molar-refractivity contribution is 7.99. The van der Waals surface area contributed by atoms with Crippen molar-refractivity contribution in [1.29, 1.82) is 0 Å². The first-order chi connectivity index (χ1) is 12.5. The summed E-state index contributed by atoms with van der Waals surface area (Å²) in [6.07, 6.45) is 4.86. The van der Waals surface area contributed by atoms with Gasteiger partial charge < -0.3 is 10.0 Å². The lowest BCUT2D eigenvalue weighted by Gasteiger charge is -2.32. The molecule has 2 aromatic rings. The third-order valence-corrected chi connectivity index (χ3v) is 5.45. The molecule has 8 heteroatoms. The Morgan fingerprint density at radius 3 is 2.54 bits per heavy atom. The van der Waals surface area contributed by atoms with Gasteiger partial charge >= 0.3 is 5.97 Å². The zero-order chi connectivity index (χ0) is 18.5. The number of halogens is 1. The van der Waals surface area contributed by atoms with Crippen molar-refractivity contribution >= 4 is 23.6 Å². The van der Waals surface area contributed by atoms with Crippen LogP contribution in [0.4, 0.5) is 4.39 Å². The van der Waals surface area contributed by atoms with Crippen LogP contribution in [0.1, 0.15) is 35.7 Å². The van der Waals surface area contributed by atoms with E-state index in [0.717, 1.165) is 17.7 Å². The molecule has 1 fully saturated rings. The van der Waals surface area contributed by atoms with Crippen LogP contribution < -0.4 is 0 Å². The van der Waals surface area contributed by atoms with Gasteiger partial charge in [0.05, 0.1) is 17.8 Å².